The first-order valence-electron chi connectivity index (χ1n) is 28.0. The van der Waals surface area contributed by atoms with E-state index in [9.17, 15) is 0 Å². The third kappa shape index (κ3) is 6.55. The van der Waals surface area contributed by atoms with Gasteiger partial charge < -0.3 is 31.9 Å². The van der Waals surface area contributed by atoms with Crippen LogP contribution in [0.15, 0.2) is 230 Å². The lowest BCUT2D eigenvalue weighted by atomic mass is 10.0. The molecule has 7 nitrogen and oxygen atoms in total. The van der Waals surface area contributed by atoms with Crippen molar-refractivity contribution in [2.45, 2.75) is 39.3 Å². The van der Waals surface area contributed by atoms with Crippen LogP contribution < -0.4 is 20.2 Å². The van der Waals surface area contributed by atoms with Crippen LogP contribution in [0.25, 0.3) is 126 Å². The molecule has 0 amide bonds. The molecule has 0 spiro atoms. The Hall–Kier alpha value is -9.55. The molecule has 0 saturated heterocycles. The summed E-state index contributed by atoms with van der Waals surface area (Å²) in [6.07, 6.45) is 0. The van der Waals surface area contributed by atoms with E-state index in [2.05, 4.69) is 266 Å². The van der Waals surface area contributed by atoms with Crippen LogP contribution in [0.1, 0.15) is 0 Å². The summed E-state index contributed by atoms with van der Waals surface area (Å²) >= 11 is 0. The molecule has 0 unspecified atom stereocenters. The fourth-order valence-electron chi connectivity index (χ4n) is 13.3. The molecule has 6 aromatic heterocycles. The average Bonchev–Trinajstić information content (AvgIpc) is 2.20. The maximum atomic E-state index is 7.28. The molecule has 17 aromatic rings. The minimum atomic E-state index is -1.67. The Balaban J connectivity index is 1.06. The molecule has 0 aliphatic rings. The smallest absolute Gasteiger partial charge is 0.160 e. The number of para-hydroxylation sites is 7. The number of aromatic nitrogens is 1. The van der Waals surface area contributed by atoms with Gasteiger partial charge in [0.05, 0.1) is 44.4 Å². The Labute approximate surface area is 467 Å². The quantitative estimate of drug-likeness (QED) is 0.141. The third-order valence-corrected chi connectivity index (χ3v) is 21.3. The van der Waals surface area contributed by atoms with Gasteiger partial charge in [-0.25, -0.2) is 0 Å². The van der Waals surface area contributed by atoms with E-state index in [0.29, 0.717) is 0 Å². The Morgan fingerprint density at radius 1 is 0.284 bits per heavy atom. The number of furan rings is 4. The maximum Gasteiger partial charge on any atom is 0.160 e. The Morgan fingerprint density at radius 3 is 0.988 bits per heavy atom. The minimum Gasteiger partial charge on any atom is -0.454 e. The second-order valence-electron chi connectivity index (χ2n) is 24.0. The van der Waals surface area contributed by atoms with Crippen LogP contribution in [0.3, 0.4) is 0 Å². The summed E-state index contributed by atoms with van der Waals surface area (Å²) in [7, 11) is -3.35. The van der Waals surface area contributed by atoms with Gasteiger partial charge in [0.2, 0.25) is 0 Å². The molecule has 0 saturated carbocycles. The highest BCUT2D eigenvalue weighted by atomic mass is 28.3. The fourth-order valence-corrected chi connectivity index (χ4v) is 15.7. The van der Waals surface area contributed by atoms with Crippen molar-refractivity contribution in [3.05, 3.63) is 212 Å². The van der Waals surface area contributed by atoms with E-state index < -0.39 is 16.1 Å². The minimum absolute atomic E-state index is 0.807. The molecule has 81 heavy (non-hydrogen) atoms. The second kappa shape index (κ2) is 16.5. The molecule has 17 rings (SSSR count). The number of anilines is 6. The molecule has 0 aliphatic heterocycles. The van der Waals surface area contributed by atoms with Crippen molar-refractivity contribution in [3.63, 3.8) is 0 Å². The van der Waals surface area contributed by atoms with Crippen LogP contribution in [0.2, 0.25) is 39.3 Å². The van der Waals surface area contributed by atoms with Crippen LogP contribution in [-0.4, -0.2) is 20.5 Å². The lowest BCUT2D eigenvalue weighted by molar-refractivity contribution is 0.668. The van der Waals surface area contributed by atoms with E-state index in [0.717, 1.165) is 160 Å². The maximum absolute atomic E-state index is 7.28. The fraction of sp³-hybridized carbons (Fsp3) is 0.0833. The zero-order chi connectivity index (χ0) is 54.2. The van der Waals surface area contributed by atoms with Gasteiger partial charge in [-0.2, -0.15) is 0 Å². The van der Waals surface area contributed by atoms with Gasteiger partial charge in [-0.1, -0.05) is 189 Å². The van der Waals surface area contributed by atoms with Gasteiger partial charge in [-0.15, -0.1) is 0 Å². The van der Waals surface area contributed by atoms with Crippen molar-refractivity contribution in [2.75, 3.05) is 9.80 Å². The van der Waals surface area contributed by atoms with E-state index in [4.69, 9.17) is 17.7 Å². The van der Waals surface area contributed by atoms with E-state index in [1.54, 1.807) is 0 Å². The number of fused-ring (bicyclic) bond motifs is 20. The van der Waals surface area contributed by atoms with Crippen LogP contribution >= 0.6 is 0 Å². The van der Waals surface area contributed by atoms with Crippen molar-refractivity contribution in [3.8, 4) is 0 Å². The monoisotopic (exact) mass is 1080 g/mol. The third-order valence-electron chi connectivity index (χ3n) is 17.2. The van der Waals surface area contributed by atoms with E-state index in [1.165, 1.54) is 10.4 Å². The van der Waals surface area contributed by atoms with Crippen LogP contribution in [-0.2, 0) is 0 Å². The lowest BCUT2D eigenvalue weighted by Gasteiger charge is -2.28. The SMILES string of the molecule is C[Si](C)(C)c1ccc(N(c2cccc3c2oc2ccccc23)c2cc3c4ccccc4oc3c3c2c2cccc4c5c(N(c6ccc([Si](C)(C)C)cc6)c6cccc7c6oc6ccccc67)cc6c7ccccc7oc6c5n3c24)cc1. The van der Waals surface area contributed by atoms with Gasteiger partial charge in [0.15, 0.2) is 22.3 Å². The van der Waals surface area contributed by atoms with Gasteiger partial charge in [0, 0.05) is 76.0 Å². The number of hydrogen-bond acceptors (Lipinski definition) is 6. The molecule has 11 aromatic carbocycles. The number of rotatable bonds is 8. The lowest BCUT2D eigenvalue weighted by Crippen LogP contribution is -2.37. The molecule has 0 atom stereocenters. The Bertz CT molecular complexity index is 5120. The average molecular weight is 1080 g/mol. The van der Waals surface area contributed by atoms with Crippen molar-refractivity contribution >= 4 is 186 Å². The largest absolute Gasteiger partial charge is 0.454 e. The number of hydrogen-bond donors (Lipinski definition) is 0. The zero-order valence-corrected chi connectivity index (χ0v) is 47.7. The molecule has 0 aliphatic carbocycles. The summed E-state index contributed by atoms with van der Waals surface area (Å²) in [6.45, 7) is 14.5. The number of nitrogens with zero attached hydrogens (tertiary/aromatic N) is 3. The van der Waals surface area contributed by atoms with Gasteiger partial charge >= 0.3 is 0 Å². The summed E-state index contributed by atoms with van der Waals surface area (Å²) in [6, 6.07) is 76.9. The molecular formula is C72H53N3O4Si2. The summed E-state index contributed by atoms with van der Waals surface area (Å²) in [5.41, 5.74) is 15.6. The first kappa shape index (κ1) is 46.4. The van der Waals surface area contributed by atoms with E-state index in [-0.39, 0.29) is 0 Å². The highest BCUT2D eigenvalue weighted by Crippen LogP contribution is 2.56. The van der Waals surface area contributed by atoms with Gasteiger partial charge in [0.1, 0.15) is 33.4 Å². The summed E-state index contributed by atoms with van der Waals surface area (Å²) in [5.74, 6) is 0. The molecule has 6 heterocycles. The summed E-state index contributed by atoms with van der Waals surface area (Å²) in [5, 5.41) is 15.5. The van der Waals surface area contributed by atoms with E-state index >= 15 is 0 Å². The van der Waals surface area contributed by atoms with Crippen molar-refractivity contribution < 1.29 is 17.7 Å². The zero-order valence-electron chi connectivity index (χ0n) is 45.7. The van der Waals surface area contributed by atoms with Crippen molar-refractivity contribution in [1.82, 2.24) is 4.40 Å². The standard InChI is InChI=1S/C72H53N3O4Si2/c1-80(2,3)44-36-32-42(33-37-44)73(56-26-16-22-50-46-18-7-11-28-60(46)76-69(50)56)58-40-54-48-20-9-13-30-62(48)78-71(54)67-64(58)52-24-15-25-53-65-59(41-55-49-21-10-14-31-63(49)79-72(55)68(65)75(67)66(52)53)74(43-34-38-45(39-35-43)81(4,5)6)57-27-17-23-51-47-19-8-12-29-61(47)77-70(51)57/h7-41H,1-6H3. The van der Waals surface area contributed by atoms with Gasteiger partial charge in [0.25, 0.3) is 0 Å². The van der Waals surface area contributed by atoms with Crippen LogP contribution in [0.5, 0.6) is 0 Å². The predicted octanol–water partition coefficient (Wildman–Crippen LogP) is 20.5. The summed E-state index contributed by atoms with van der Waals surface area (Å²) in [4.78, 5) is 4.88. The van der Waals surface area contributed by atoms with Crippen molar-refractivity contribution in [2.24, 2.45) is 0 Å². The molecule has 0 radical (unpaired) electrons. The Kier molecular flexibility index (Phi) is 9.46. The topological polar surface area (TPSA) is 63.5 Å². The molecular weight excluding hydrogens is 1030 g/mol. The van der Waals surface area contributed by atoms with Crippen molar-refractivity contribution in [1.29, 1.82) is 0 Å². The predicted molar refractivity (Wildman–Crippen MR) is 346 cm³/mol. The first-order valence-corrected chi connectivity index (χ1v) is 35.0. The normalized spacial score (nSPS) is 12.8. The highest BCUT2D eigenvalue weighted by Gasteiger charge is 2.33. The number of benzene rings is 11. The van der Waals surface area contributed by atoms with Crippen LogP contribution in [0, 0.1) is 0 Å². The van der Waals surface area contributed by atoms with Gasteiger partial charge in [-0.3, -0.25) is 0 Å². The molecule has 9 heteroatoms. The highest BCUT2D eigenvalue weighted by molar-refractivity contribution is 6.89. The van der Waals surface area contributed by atoms with Crippen LogP contribution in [0.4, 0.5) is 34.1 Å². The first-order chi connectivity index (χ1) is 39.5. The molecule has 388 valence electrons. The van der Waals surface area contributed by atoms with Gasteiger partial charge in [-0.05, 0) is 72.8 Å². The summed E-state index contributed by atoms with van der Waals surface area (Å²) < 4.78 is 31.0. The Morgan fingerprint density at radius 2 is 0.605 bits per heavy atom. The molecule has 0 fully saturated rings. The van der Waals surface area contributed by atoms with E-state index in [1.807, 2.05) is 0 Å². The molecule has 0 N–H and O–H groups in total. The second-order valence-corrected chi connectivity index (χ2v) is 34.1. The molecule has 0 bridgehead atoms.